The van der Waals surface area contributed by atoms with Crippen LogP contribution < -0.4 is 0 Å². The van der Waals surface area contributed by atoms with Crippen molar-refractivity contribution in [2.75, 3.05) is 0 Å². The molecule has 0 amide bonds. The van der Waals surface area contributed by atoms with Gasteiger partial charge in [-0.05, 0) is 43.2 Å². The summed E-state index contributed by atoms with van der Waals surface area (Å²) in [5.74, 6) is 1.38. The average molecular weight is 496 g/mol. The summed E-state index contributed by atoms with van der Waals surface area (Å²) in [6.45, 7) is 18.0. The van der Waals surface area contributed by atoms with Crippen LogP contribution in [0.2, 0.25) is 0 Å². The van der Waals surface area contributed by atoms with Crippen LogP contribution in [-0.2, 0) is 0 Å². The summed E-state index contributed by atoms with van der Waals surface area (Å²) in [5.41, 5.74) is 2.54. The Morgan fingerprint density at radius 1 is 0.969 bits per heavy atom. The highest BCUT2D eigenvalue weighted by molar-refractivity contribution is 9.10. The number of aliphatic imine (C=N–C) groups is 2. The molecule has 0 N–H and O–H groups in total. The van der Waals surface area contributed by atoms with E-state index >= 15 is 0 Å². The largest absolute Gasteiger partial charge is 0.245 e. The van der Waals surface area contributed by atoms with Crippen molar-refractivity contribution in [1.82, 2.24) is 0 Å². The lowest BCUT2D eigenvalue weighted by Gasteiger charge is -2.07. The van der Waals surface area contributed by atoms with Crippen molar-refractivity contribution in [2.45, 2.75) is 53.9 Å². The van der Waals surface area contributed by atoms with Gasteiger partial charge < -0.3 is 0 Å². The van der Waals surface area contributed by atoms with Gasteiger partial charge in [0, 0.05) is 10.0 Å². The molecule has 2 aromatic carbocycles. The lowest BCUT2D eigenvalue weighted by atomic mass is 9.99. The Kier molecular flexibility index (Phi) is 17.7. The van der Waals surface area contributed by atoms with Gasteiger partial charge in [0.1, 0.15) is 0 Å². The molecule has 0 saturated carbocycles. The molecule has 1 aliphatic rings. The van der Waals surface area contributed by atoms with E-state index in [4.69, 9.17) is 0 Å². The van der Waals surface area contributed by atoms with Crippen LogP contribution >= 0.6 is 15.9 Å². The fourth-order valence-electron chi connectivity index (χ4n) is 2.58. The zero-order chi connectivity index (χ0) is 24.2. The van der Waals surface area contributed by atoms with Crippen LogP contribution in [0.5, 0.6) is 0 Å². The third kappa shape index (κ3) is 12.4. The van der Waals surface area contributed by atoms with Gasteiger partial charge in [0.25, 0.3) is 0 Å². The minimum atomic E-state index is 0.565. The fraction of sp³-hybridized carbons (Fsp3) is 0.310. The van der Waals surface area contributed by atoms with E-state index in [2.05, 4.69) is 84.3 Å². The van der Waals surface area contributed by atoms with E-state index in [9.17, 15) is 0 Å². The van der Waals surface area contributed by atoms with Crippen molar-refractivity contribution < 1.29 is 0 Å². The maximum Gasteiger partial charge on any atom is 0.159 e. The van der Waals surface area contributed by atoms with Gasteiger partial charge in [0.2, 0.25) is 0 Å². The van der Waals surface area contributed by atoms with E-state index in [0.29, 0.717) is 11.5 Å². The van der Waals surface area contributed by atoms with Gasteiger partial charge in [-0.3, -0.25) is 0 Å². The van der Waals surface area contributed by atoms with Gasteiger partial charge >= 0.3 is 0 Å². The molecule has 2 nitrogen and oxygen atoms in total. The van der Waals surface area contributed by atoms with Gasteiger partial charge in [-0.25, -0.2) is 9.98 Å². The molecule has 0 bridgehead atoms. The predicted molar refractivity (Wildman–Crippen MR) is 150 cm³/mol. The third-order valence-electron chi connectivity index (χ3n) is 4.17. The first-order valence-electron chi connectivity index (χ1n) is 11.4. The first kappa shape index (κ1) is 29.5. The Bertz CT molecular complexity index is 864. The average Bonchev–Trinajstić information content (AvgIpc) is 2.85. The molecule has 1 unspecified atom stereocenters. The van der Waals surface area contributed by atoms with E-state index in [1.807, 2.05) is 68.4 Å². The summed E-state index contributed by atoms with van der Waals surface area (Å²) in [7, 11) is 0. The molecular formula is C29H39BrN2. The van der Waals surface area contributed by atoms with Crippen LogP contribution in [0.3, 0.4) is 0 Å². The zero-order valence-electron chi connectivity index (χ0n) is 20.4. The number of hydrogen-bond donors (Lipinski definition) is 0. The first-order valence-corrected chi connectivity index (χ1v) is 12.2. The molecule has 0 fully saturated rings. The molecule has 3 heteroatoms. The number of nitrogens with zero attached hydrogens (tertiary/aromatic N) is 2. The van der Waals surface area contributed by atoms with Crippen LogP contribution in [0.4, 0.5) is 0 Å². The normalized spacial score (nSPS) is 13.9. The second kappa shape index (κ2) is 19.2. The number of benzene rings is 2. The topological polar surface area (TPSA) is 24.7 Å². The molecule has 172 valence electrons. The fourth-order valence-corrected chi connectivity index (χ4v) is 2.98. The Balaban J connectivity index is 0.000000612. The molecule has 0 aromatic heterocycles. The summed E-state index contributed by atoms with van der Waals surface area (Å²) in [6.07, 6.45) is 12.5. The van der Waals surface area contributed by atoms with Crippen molar-refractivity contribution in [3.63, 3.8) is 0 Å². The van der Waals surface area contributed by atoms with Crippen LogP contribution in [0.25, 0.3) is 5.70 Å². The molecule has 0 aliphatic heterocycles. The molecule has 0 saturated heterocycles. The number of amidine groups is 1. The number of allylic oxidation sites excluding steroid dienone is 4. The molecular weight excluding hydrogens is 456 g/mol. The molecule has 32 heavy (non-hydrogen) atoms. The van der Waals surface area contributed by atoms with Crippen LogP contribution in [0.1, 0.15) is 65.0 Å². The Hall–Kier alpha value is -2.52. The second-order valence-electron chi connectivity index (χ2n) is 6.84. The standard InChI is InChI=1S/C16H13BrN2.C8H12.C3H8.C2H6/c1-12(13-7-4-3-5-8-13)19-16(18-2)14-9-6-10-15(17)11-14;1-2-8-6-4-3-5-7-8;1-3-2;1-2/h3-11H,1-2H2;3-6,8H,2,7H2,1H3;3H2,1-2H3;1-2H3. The molecule has 0 radical (unpaired) electrons. The molecule has 1 atom stereocenters. The maximum absolute atomic E-state index is 4.45. The molecule has 0 heterocycles. The SMILES string of the molecule is C=NC(=NC(=C)c1ccccc1)c1cccc(Br)c1.CC.CCC.CCC1C=CC=CC1. The number of rotatable bonds is 4. The summed E-state index contributed by atoms with van der Waals surface area (Å²) in [5, 5.41) is 0. The van der Waals surface area contributed by atoms with E-state index in [1.54, 1.807) is 0 Å². The minimum Gasteiger partial charge on any atom is -0.245 e. The van der Waals surface area contributed by atoms with Crippen LogP contribution in [0, 0.1) is 5.92 Å². The highest BCUT2D eigenvalue weighted by atomic mass is 79.9. The first-order chi connectivity index (χ1) is 15.5. The monoisotopic (exact) mass is 494 g/mol. The van der Waals surface area contributed by atoms with Gasteiger partial charge in [-0.1, -0.05) is 130 Å². The highest BCUT2D eigenvalue weighted by Crippen LogP contribution is 2.17. The van der Waals surface area contributed by atoms with Gasteiger partial charge in [-0.2, -0.15) is 0 Å². The van der Waals surface area contributed by atoms with Gasteiger partial charge in [0.15, 0.2) is 5.84 Å². The lowest BCUT2D eigenvalue weighted by molar-refractivity contribution is 0.633. The number of halogens is 1. The molecule has 1 aliphatic carbocycles. The Morgan fingerprint density at radius 3 is 2.06 bits per heavy atom. The molecule has 0 spiro atoms. The van der Waals surface area contributed by atoms with Crippen molar-refractivity contribution in [2.24, 2.45) is 15.9 Å². The van der Waals surface area contributed by atoms with E-state index in [-0.39, 0.29) is 0 Å². The van der Waals surface area contributed by atoms with Crippen molar-refractivity contribution in [3.05, 3.63) is 101 Å². The number of hydrogen-bond acceptors (Lipinski definition) is 1. The molecule has 3 rings (SSSR count). The summed E-state index contributed by atoms with van der Waals surface area (Å²) >= 11 is 3.43. The van der Waals surface area contributed by atoms with Crippen LogP contribution in [-0.4, -0.2) is 12.6 Å². The summed E-state index contributed by atoms with van der Waals surface area (Å²) in [6, 6.07) is 17.6. The quantitative estimate of drug-likeness (QED) is 0.298. The Morgan fingerprint density at radius 2 is 1.59 bits per heavy atom. The van der Waals surface area contributed by atoms with Crippen molar-refractivity contribution >= 4 is 34.2 Å². The third-order valence-corrected chi connectivity index (χ3v) is 4.67. The van der Waals surface area contributed by atoms with E-state index < -0.39 is 0 Å². The minimum absolute atomic E-state index is 0.565. The Labute approximate surface area is 204 Å². The summed E-state index contributed by atoms with van der Waals surface area (Å²) < 4.78 is 0.978. The summed E-state index contributed by atoms with van der Waals surface area (Å²) in [4.78, 5) is 8.43. The van der Waals surface area contributed by atoms with Crippen LogP contribution in [0.15, 0.2) is 99.9 Å². The van der Waals surface area contributed by atoms with Crippen molar-refractivity contribution in [3.8, 4) is 0 Å². The second-order valence-corrected chi connectivity index (χ2v) is 7.76. The smallest absolute Gasteiger partial charge is 0.159 e. The highest BCUT2D eigenvalue weighted by Gasteiger charge is 2.03. The zero-order valence-corrected chi connectivity index (χ0v) is 22.0. The maximum atomic E-state index is 4.45. The van der Waals surface area contributed by atoms with Gasteiger partial charge in [-0.15, -0.1) is 0 Å². The van der Waals surface area contributed by atoms with E-state index in [1.165, 1.54) is 19.3 Å². The van der Waals surface area contributed by atoms with Crippen molar-refractivity contribution in [1.29, 1.82) is 0 Å². The van der Waals surface area contributed by atoms with Gasteiger partial charge in [0.05, 0.1) is 5.70 Å². The lowest BCUT2D eigenvalue weighted by Crippen LogP contribution is -1.97. The molecule has 2 aromatic rings. The van der Waals surface area contributed by atoms with E-state index in [0.717, 1.165) is 21.5 Å². The predicted octanol–water partition coefficient (Wildman–Crippen LogP) is 9.54.